The molecule has 1 amide bonds. The van der Waals surface area contributed by atoms with Crippen LogP contribution in [0.25, 0.3) is 0 Å². The van der Waals surface area contributed by atoms with E-state index >= 15 is 0 Å². The summed E-state index contributed by atoms with van der Waals surface area (Å²) in [4.78, 5) is 17.1. The maximum atomic E-state index is 13.7. The van der Waals surface area contributed by atoms with Crippen LogP contribution in [0.5, 0.6) is 0 Å². The van der Waals surface area contributed by atoms with Crippen LogP contribution in [0.3, 0.4) is 0 Å². The second-order valence-corrected chi connectivity index (χ2v) is 8.58. The number of hydrogen-bond donors (Lipinski definition) is 2. The van der Waals surface area contributed by atoms with E-state index in [0.717, 1.165) is 11.6 Å². The van der Waals surface area contributed by atoms with Crippen molar-refractivity contribution in [1.29, 1.82) is 0 Å². The number of hydrogen-bond acceptors (Lipinski definition) is 4. The quantitative estimate of drug-likeness (QED) is 0.525. The number of sulfone groups is 1. The van der Waals surface area contributed by atoms with Crippen molar-refractivity contribution in [3.05, 3.63) is 65.5 Å². The Labute approximate surface area is 170 Å². The molecule has 0 aliphatic heterocycles. The van der Waals surface area contributed by atoms with E-state index in [1.54, 1.807) is 33.3 Å². The summed E-state index contributed by atoms with van der Waals surface area (Å²) in [6.45, 7) is 0.517. The summed E-state index contributed by atoms with van der Waals surface area (Å²) in [6, 6.07) is 12.5. The normalized spacial score (nSPS) is 11.8. The molecule has 0 unspecified atom stereocenters. The maximum Gasteiger partial charge on any atom is 0.253 e. The lowest BCUT2D eigenvalue weighted by molar-refractivity contribution is 0.0827. The molecule has 156 valence electrons. The van der Waals surface area contributed by atoms with Gasteiger partial charge in [-0.1, -0.05) is 24.3 Å². The summed E-state index contributed by atoms with van der Waals surface area (Å²) < 4.78 is 38.2. The van der Waals surface area contributed by atoms with E-state index in [9.17, 15) is 17.6 Å². The molecule has 0 aliphatic carbocycles. The minimum absolute atomic E-state index is 0.0713. The summed E-state index contributed by atoms with van der Waals surface area (Å²) in [5.41, 5.74) is 1.53. The molecule has 0 heterocycles. The van der Waals surface area contributed by atoms with Gasteiger partial charge in [-0.25, -0.2) is 12.8 Å². The molecule has 0 radical (unpaired) electrons. The zero-order valence-electron chi connectivity index (χ0n) is 16.6. The van der Waals surface area contributed by atoms with Crippen LogP contribution in [0.4, 0.5) is 4.39 Å². The average molecular weight is 421 g/mol. The monoisotopic (exact) mass is 420 g/mol. The molecule has 0 aromatic heterocycles. The number of halogens is 1. The molecule has 0 fully saturated rings. The van der Waals surface area contributed by atoms with Crippen molar-refractivity contribution >= 4 is 21.7 Å². The predicted octanol–water partition coefficient (Wildman–Crippen LogP) is 1.67. The van der Waals surface area contributed by atoms with Crippen molar-refractivity contribution < 1.29 is 17.6 Å². The van der Waals surface area contributed by atoms with Crippen LogP contribution in [0.15, 0.2) is 58.4 Å². The van der Waals surface area contributed by atoms with Crippen LogP contribution in [0, 0.1) is 5.82 Å². The lowest BCUT2D eigenvalue weighted by atomic mass is 10.1. The van der Waals surface area contributed by atoms with E-state index in [1.165, 1.54) is 23.1 Å². The lowest BCUT2D eigenvalue weighted by Gasteiger charge is -2.13. The van der Waals surface area contributed by atoms with Crippen LogP contribution in [-0.4, -0.2) is 58.6 Å². The van der Waals surface area contributed by atoms with Gasteiger partial charge >= 0.3 is 0 Å². The second kappa shape index (κ2) is 10.0. The van der Waals surface area contributed by atoms with Crippen molar-refractivity contribution in [2.45, 2.75) is 11.4 Å². The molecule has 0 saturated heterocycles. The minimum Gasteiger partial charge on any atom is -0.355 e. The van der Waals surface area contributed by atoms with Gasteiger partial charge in [0.1, 0.15) is 10.7 Å². The fraction of sp³-hybridized carbons (Fsp3) is 0.300. The summed E-state index contributed by atoms with van der Waals surface area (Å²) >= 11 is 0. The highest BCUT2D eigenvalue weighted by atomic mass is 32.2. The summed E-state index contributed by atoms with van der Waals surface area (Å²) in [6.07, 6.45) is 0. The summed E-state index contributed by atoms with van der Waals surface area (Å²) in [5.74, 6) is -0.679. The molecule has 2 rings (SSSR count). The van der Waals surface area contributed by atoms with E-state index in [0.29, 0.717) is 18.1 Å². The third-order valence-electron chi connectivity index (χ3n) is 4.13. The van der Waals surface area contributed by atoms with E-state index in [2.05, 4.69) is 15.6 Å². The number of benzene rings is 2. The van der Waals surface area contributed by atoms with Crippen molar-refractivity contribution in [2.75, 3.05) is 33.4 Å². The number of aliphatic imine (C=N–C) groups is 1. The Bertz CT molecular complexity index is 973. The van der Waals surface area contributed by atoms with Crippen molar-refractivity contribution in [3.63, 3.8) is 0 Å². The molecule has 0 atom stereocenters. The molecule has 29 heavy (non-hydrogen) atoms. The number of rotatable bonds is 7. The van der Waals surface area contributed by atoms with Gasteiger partial charge in [0.15, 0.2) is 15.8 Å². The molecule has 0 saturated carbocycles. The molecule has 9 heteroatoms. The van der Waals surface area contributed by atoms with Gasteiger partial charge in [-0.05, 0) is 29.8 Å². The Morgan fingerprint density at radius 2 is 1.72 bits per heavy atom. The molecule has 2 aromatic carbocycles. The highest BCUT2D eigenvalue weighted by Crippen LogP contribution is 2.14. The number of guanidine groups is 1. The number of amides is 1. The van der Waals surface area contributed by atoms with Gasteiger partial charge in [0, 0.05) is 39.8 Å². The Hall–Kier alpha value is -2.94. The highest BCUT2D eigenvalue weighted by molar-refractivity contribution is 7.91. The lowest BCUT2D eigenvalue weighted by Crippen LogP contribution is -2.39. The maximum absolute atomic E-state index is 13.7. The van der Waals surface area contributed by atoms with Crippen LogP contribution in [0.2, 0.25) is 0 Å². The first-order chi connectivity index (χ1) is 13.7. The van der Waals surface area contributed by atoms with Gasteiger partial charge in [-0.3, -0.25) is 9.79 Å². The average Bonchev–Trinajstić information content (AvgIpc) is 2.70. The Balaban J connectivity index is 1.87. The summed E-state index contributed by atoms with van der Waals surface area (Å²) in [5, 5.41) is 5.98. The van der Waals surface area contributed by atoms with Crippen molar-refractivity contribution in [3.8, 4) is 0 Å². The Kier molecular flexibility index (Phi) is 7.72. The summed E-state index contributed by atoms with van der Waals surface area (Å²) in [7, 11) is 1.22. The largest absolute Gasteiger partial charge is 0.355 e. The van der Waals surface area contributed by atoms with Crippen molar-refractivity contribution in [1.82, 2.24) is 15.5 Å². The third kappa shape index (κ3) is 6.28. The Morgan fingerprint density at radius 3 is 2.31 bits per heavy atom. The fourth-order valence-corrected chi connectivity index (χ4v) is 3.78. The first kappa shape index (κ1) is 22.4. The van der Waals surface area contributed by atoms with Crippen molar-refractivity contribution in [2.24, 2.45) is 4.99 Å². The number of nitrogens with one attached hydrogen (secondary N) is 2. The fourth-order valence-electron chi connectivity index (χ4n) is 2.54. The van der Waals surface area contributed by atoms with Crippen LogP contribution in [0.1, 0.15) is 15.9 Å². The zero-order valence-corrected chi connectivity index (χ0v) is 17.5. The van der Waals surface area contributed by atoms with Crippen LogP contribution in [-0.2, 0) is 16.4 Å². The second-order valence-electron chi connectivity index (χ2n) is 6.50. The van der Waals surface area contributed by atoms with Gasteiger partial charge in [0.25, 0.3) is 5.91 Å². The van der Waals surface area contributed by atoms with E-state index in [1.807, 2.05) is 12.1 Å². The van der Waals surface area contributed by atoms with E-state index in [-0.39, 0.29) is 23.1 Å². The van der Waals surface area contributed by atoms with E-state index in [4.69, 9.17) is 0 Å². The first-order valence-electron chi connectivity index (χ1n) is 8.97. The topological polar surface area (TPSA) is 90.9 Å². The van der Waals surface area contributed by atoms with Gasteiger partial charge in [-0.15, -0.1) is 0 Å². The third-order valence-corrected chi connectivity index (χ3v) is 5.87. The highest BCUT2D eigenvalue weighted by Gasteiger charge is 2.18. The zero-order chi connectivity index (χ0) is 21.4. The Morgan fingerprint density at radius 1 is 1.07 bits per heavy atom. The molecule has 7 nitrogen and oxygen atoms in total. The first-order valence-corrected chi connectivity index (χ1v) is 10.6. The standard InChI is InChI=1S/C20H25FN4O3S/c1-22-20(23-12-13-29(27,28)18-7-5-4-6-17(18)21)24-14-15-8-10-16(11-9-15)19(26)25(2)3/h4-11H,12-14H2,1-3H3,(H2,22,23,24). The van der Waals surface area contributed by atoms with E-state index < -0.39 is 15.7 Å². The number of carbonyl (C=O) groups excluding carboxylic acids is 1. The van der Waals surface area contributed by atoms with Gasteiger partial charge in [0.05, 0.1) is 5.75 Å². The van der Waals surface area contributed by atoms with Gasteiger partial charge in [-0.2, -0.15) is 0 Å². The SMILES string of the molecule is CN=C(NCCS(=O)(=O)c1ccccc1F)NCc1ccc(C(=O)N(C)C)cc1. The molecule has 0 spiro atoms. The van der Waals surface area contributed by atoms with Gasteiger partial charge < -0.3 is 15.5 Å². The number of nitrogens with zero attached hydrogens (tertiary/aromatic N) is 2. The molecule has 2 aromatic rings. The molecule has 2 N–H and O–H groups in total. The predicted molar refractivity (Wildman–Crippen MR) is 111 cm³/mol. The molecule has 0 bridgehead atoms. The molecule has 0 aliphatic rings. The van der Waals surface area contributed by atoms with Crippen LogP contribution < -0.4 is 10.6 Å². The van der Waals surface area contributed by atoms with Crippen LogP contribution >= 0.6 is 0 Å². The minimum atomic E-state index is -3.74. The molecular formula is C20H25FN4O3S. The van der Waals surface area contributed by atoms with Gasteiger partial charge in [0.2, 0.25) is 0 Å². The number of carbonyl (C=O) groups is 1. The smallest absolute Gasteiger partial charge is 0.253 e. The molecular weight excluding hydrogens is 395 g/mol.